The summed E-state index contributed by atoms with van der Waals surface area (Å²) in [7, 11) is 1.24. The molecule has 6 nitrogen and oxygen atoms in total. The van der Waals surface area contributed by atoms with Crippen molar-refractivity contribution in [2.75, 3.05) is 7.11 Å². The first-order valence-corrected chi connectivity index (χ1v) is 8.20. The molecule has 0 unspecified atom stereocenters. The lowest BCUT2D eigenvalue weighted by Crippen LogP contribution is -2.11. The molecule has 2 aromatic heterocycles. The minimum Gasteiger partial charge on any atom is -0.474 e. The zero-order valence-corrected chi connectivity index (χ0v) is 15.5. The molecule has 0 saturated heterocycles. The lowest BCUT2D eigenvalue weighted by atomic mass is 10.2. The number of esters is 1. The van der Waals surface area contributed by atoms with Gasteiger partial charge in [-0.05, 0) is 26.0 Å². The highest BCUT2D eigenvalue weighted by Crippen LogP contribution is 2.31. The van der Waals surface area contributed by atoms with Gasteiger partial charge in [-0.1, -0.05) is 11.6 Å². The Labute approximate surface area is 158 Å². The summed E-state index contributed by atoms with van der Waals surface area (Å²) in [5, 5.41) is 4.09. The third-order valence-corrected chi connectivity index (χ3v) is 3.61. The summed E-state index contributed by atoms with van der Waals surface area (Å²) in [5.74, 6) is -0.280. The molecule has 0 bridgehead atoms. The third kappa shape index (κ3) is 5.72. The van der Waals surface area contributed by atoms with Crippen LogP contribution in [0.25, 0.3) is 6.08 Å². The Kier molecular flexibility index (Phi) is 6.48. The van der Waals surface area contributed by atoms with Crippen LogP contribution >= 0.6 is 11.6 Å². The number of carbonyl (C=O) groups excluding carboxylic acids is 1. The first-order valence-electron chi connectivity index (χ1n) is 7.82. The van der Waals surface area contributed by atoms with Gasteiger partial charge < -0.3 is 9.47 Å². The van der Waals surface area contributed by atoms with E-state index in [-0.39, 0.29) is 29.2 Å². The standard InChI is InChI=1S/C17H17ClF3N3O3/c1-10(2)27-15-7-12(4-5-16(25)26-3)24(23-15)9-14-13(18)6-11(8-22-14)17(19,20)21/h4-8,10H,9H2,1-3H3/b5-4+. The molecule has 0 atom stereocenters. The maximum atomic E-state index is 12.7. The molecule has 2 rings (SSSR count). The van der Waals surface area contributed by atoms with Crippen LogP contribution in [-0.4, -0.2) is 33.9 Å². The number of carbonyl (C=O) groups is 1. The normalized spacial score (nSPS) is 12.0. The van der Waals surface area contributed by atoms with Crippen LogP contribution in [-0.2, 0) is 22.3 Å². The van der Waals surface area contributed by atoms with Gasteiger partial charge in [-0.2, -0.15) is 13.2 Å². The molecular formula is C17H17ClF3N3O3. The Balaban J connectivity index is 2.34. The van der Waals surface area contributed by atoms with Gasteiger partial charge in [0.15, 0.2) is 0 Å². The van der Waals surface area contributed by atoms with Gasteiger partial charge in [-0.3, -0.25) is 9.67 Å². The van der Waals surface area contributed by atoms with Crippen LogP contribution in [0.4, 0.5) is 13.2 Å². The first-order chi connectivity index (χ1) is 12.6. The van der Waals surface area contributed by atoms with Gasteiger partial charge in [0.25, 0.3) is 0 Å². The third-order valence-electron chi connectivity index (χ3n) is 3.28. The van der Waals surface area contributed by atoms with Crippen molar-refractivity contribution in [1.82, 2.24) is 14.8 Å². The highest BCUT2D eigenvalue weighted by atomic mass is 35.5. The molecule has 27 heavy (non-hydrogen) atoms. The van der Waals surface area contributed by atoms with Gasteiger partial charge in [0.05, 0.1) is 41.7 Å². The molecular weight excluding hydrogens is 387 g/mol. The lowest BCUT2D eigenvalue weighted by Gasteiger charge is -2.10. The highest BCUT2D eigenvalue weighted by Gasteiger charge is 2.31. The summed E-state index contributed by atoms with van der Waals surface area (Å²) in [6.45, 7) is 3.62. The zero-order chi connectivity index (χ0) is 20.2. The van der Waals surface area contributed by atoms with E-state index in [1.807, 2.05) is 13.8 Å². The van der Waals surface area contributed by atoms with Gasteiger partial charge in [-0.15, -0.1) is 5.10 Å². The smallest absolute Gasteiger partial charge is 0.417 e. The van der Waals surface area contributed by atoms with E-state index >= 15 is 0 Å². The Bertz CT molecular complexity index is 848. The summed E-state index contributed by atoms with van der Waals surface area (Å²) >= 11 is 5.95. The number of alkyl halides is 3. The number of hydrogen-bond acceptors (Lipinski definition) is 5. The van der Waals surface area contributed by atoms with Crippen LogP contribution in [0.1, 0.15) is 30.8 Å². The number of rotatable bonds is 6. The summed E-state index contributed by atoms with van der Waals surface area (Å²) in [5.41, 5.74) is -0.281. The molecule has 0 aliphatic heterocycles. The molecule has 2 aromatic rings. The minimum absolute atomic E-state index is 0.0146. The number of methoxy groups -OCH3 is 1. The van der Waals surface area contributed by atoms with Crippen LogP contribution in [0, 0.1) is 0 Å². The number of halogens is 4. The van der Waals surface area contributed by atoms with Gasteiger partial charge in [-0.25, -0.2) is 4.79 Å². The highest BCUT2D eigenvalue weighted by molar-refractivity contribution is 6.31. The van der Waals surface area contributed by atoms with Gasteiger partial charge in [0.2, 0.25) is 5.88 Å². The molecule has 0 radical (unpaired) electrons. The van der Waals surface area contributed by atoms with Gasteiger partial charge in [0.1, 0.15) is 0 Å². The second-order valence-electron chi connectivity index (χ2n) is 5.74. The number of hydrogen-bond donors (Lipinski definition) is 0. The fourth-order valence-electron chi connectivity index (χ4n) is 2.07. The van der Waals surface area contributed by atoms with Crippen molar-refractivity contribution in [3.05, 3.63) is 46.4 Å². The number of pyridine rings is 1. The molecule has 0 amide bonds. The molecule has 146 valence electrons. The second kappa shape index (κ2) is 8.43. The minimum atomic E-state index is -4.53. The van der Waals surface area contributed by atoms with E-state index in [2.05, 4.69) is 14.8 Å². The maximum absolute atomic E-state index is 12.7. The van der Waals surface area contributed by atoms with Gasteiger partial charge in [0, 0.05) is 18.3 Å². The largest absolute Gasteiger partial charge is 0.474 e. The lowest BCUT2D eigenvalue weighted by molar-refractivity contribution is -0.138. The Morgan fingerprint density at radius 3 is 2.63 bits per heavy atom. The molecule has 0 aliphatic rings. The van der Waals surface area contributed by atoms with E-state index in [1.165, 1.54) is 23.9 Å². The summed E-state index contributed by atoms with van der Waals surface area (Å²) in [4.78, 5) is 15.1. The zero-order valence-electron chi connectivity index (χ0n) is 14.7. The van der Waals surface area contributed by atoms with E-state index in [4.69, 9.17) is 16.3 Å². The average molecular weight is 404 g/mol. The van der Waals surface area contributed by atoms with Crippen LogP contribution in [0.3, 0.4) is 0 Å². The molecule has 0 N–H and O–H groups in total. The molecule has 0 spiro atoms. The molecule has 0 aliphatic carbocycles. The van der Waals surface area contributed by atoms with Crippen molar-refractivity contribution in [2.24, 2.45) is 0 Å². The van der Waals surface area contributed by atoms with Crippen molar-refractivity contribution in [3.8, 4) is 5.88 Å². The van der Waals surface area contributed by atoms with E-state index in [0.717, 1.165) is 6.07 Å². The summed E-state index contributed by atoms with van der Waals surface area (Å²) < 4.78 is 49.7. The topological polar surface area (TPSA) is 66.2 Å². The summed E-state index contributed by atoms with van der Waals surface area (Å²) in [6.07, 6.45) is -1.33. The van der Waals surface area contributed by atoms with Crippen molar-refractivity contribution in [2.45, 2.75) is 32.7 Å². The number of ether oxygens (including phenoxy) is 2. The SMILES string of the molecule is COC(=O)/C=C/c1cc(OC(C)C)nn1Cc1ncc(C(F)(F)F)cc1Cl. The molecule has 0 fully saturated rings. The number of nitrogens with zero attached hydrogens (tertiary/aromatic N) is 3. The quantitative estimate of drug-likeness (QED) is 0.539. The van der Waals surface area contributed by atoms with Gasteiger partial charge >= 0.3 is 12.1 Å². The fourth-order valence-corrected chi connectivity index (χ4v) is 2.29. The van der Waals surface area contributed by atoms with E-state index in [0.29, 0.717) is 11.9 Å². The average Bonchev–Trinajstić information content (AvgIpc) is 2.94. The monoisotopic (exact) mass is 403 g/mol. The Morgan fingerprint density at radius 2 is 2.07 bits per heavy atom. The molecule has 0 saturated carbocycles. The van der Waals surface area contributed by atoms with Crippen molar-refractivity contribution in [3.63, 3.8) is 0 Å². The van der Waals surface area contributed by atoms with Crippen molar-refractivity contribution in [1.29, 1.82) is 0 Å². The predicted octanol–water partition coefficient (Wildman–Crippen LogP) is 3.97. The fraction of sp³-hybridized carbons (Fsp3) is 0.353. The van der Waals surface area contributed by atoms with E-state index in [1.54, 1.807) is 6.07 Å². The summed E-state index contributed by atoms with van der Waals surface area (Å²) in [6, 6.07) is 2.39. The van der Waals surface area contributed by atoms with Crippen LogP contribution in [0.2, 0.25) is 5.02 Å². The predicted molar refractivity (Wildman–Crippen MR) is 92.4 cm³/mol. The molecule has 10 heteroatoms. The Morgan fingerprint density at radius 1 is 1.37 bits per heavy atom. The first kappa shape index (κ1) is 20.8. The van der Waals surface area contributed by atoms with Crippen LogP contribution in [0.15, 0.2) is 24.4 Å². The van der Waals surface area contributed by atoms with Crippen molar-refractivity contribution >= 4 is 23.6 Å². The molecule has 0 aromatic carbocycles. The van der Waals surface area contributed by atoms with E-state index < -0.39 is 17.7 Å². The molecule has 2 heterocycles. The van der Waals surface area contributed by atoms with Crippen LogP contribution < -0.4 is 4.74 Å². The second-order valence-corrected chi connectivity index (χ2v) is 6.15. The van der Waals surface area contributed by atoms with Crippen LogP contribution in [0.5, 0.6) is 5.88 Å². The van der Waals surface area contributed by atoms with Crippen molar-refractivity contribution < 1.29 is 27.4 Å². The van der Waals surface area contributed by atoms with E-state index in [9.17, 15) is 18.0 Å². The number of aromatic nitrogens is 3. The Hall–Kier alpha value is -2.55. The maximum Gasteiger partial charge on any atom is 0.417 e.